The summed E-state index contributed by atoms with van der Waals surface area (Å²) in [7, 11) is 0. The molecular formula is C8H16N2O3. The zero-order valence-electron chi connectivity index (χ0n) is 7.96. The molecule has 0 saturated carbocycles. The van der Waals surface area contributed by atoms with Crippen molar-refractivity contribution in [3.63, 3.8) is 0 Å². The highest BCUT2D eigenvalue weighted by Crippen LogP contribution is 1.92. The minimum Gasteiger partial charge on any atom is -0.481 e. The van der Waals surface area contributed by atoms with E-state index in [1.54, 1.807) is 6.92 Å². The second kappa shape index (κ2) is 6.42. The number of aliphatic carboxylic acids is 1. The van der Waals surface area contributed by atoms with Gasteiger partial charge < -0.3 is 15.7 Å². The van der Waals surface area contributed by atoms with Gasteiger partial charge in [-0.3, -0.25) is 9.59 Å². The van der Waals surface area contributed by atoms with Crippen molar-refractivity contribution in [2.75, 3.05) is 13.1 Å². The van der Waals surface area contributed by atoms with Crippen LogP contribution in [0.3, 0.4) is 0 Å². The molecule has 0 bridgehead atoms. The molecule has 0 aromatic heterocycles. The predicted molar refractivity (Wildman–Crippen MR) is 48.4 cm³/mol. The second-order valence-corrected chi connectivity index (χ2v) is 2.60. The lowest BCUT2D eigenvalue weighted by Crippen LogP contribution is -2.45. The van der Waals surface area contributed by atoms with Gasteiger partial charge in [0.25, 0.3) is 0 Å². The zero-order valence-corrected chi connectivity index (χ0v) is 7.96. The van der Waals surface area contributed by atoms with Crippen molar-refractivity contribution in [3.05, 3.63) is 0 Å². The molecule has 0 saturated heterocycles. The predicted octanol–water partition coefficient (Wildman–Crippen LogP) is -0.425. The molecule has 76 valence electrons. The topological polar surface area (TPSA) is 78.4 Å². The van der Waals surface area contributed by atoms with Crippen molar-refractivity contribution in [2.24, 2.45) is 0 Å². The largest absolute Gasteiger partial charge is 0.481 e. The Morgan fingerprint density at radius 1 is 1.31 bits per heavy atom. The van der Waals surface area contributed by atoms with Gasteiger partial charge in [0.15, 0.2) is 0 Å². The number of likely N-dealkylation sites (N-methyl/N-ethyl adjacent to an activating group) is 2. The van der Waals surface area contributed by atoms with Crippen LogP contribution in [-0.2, 0) is 9.59 Å². The molecule has 0 aliphatic rings. The standard InChI is InChI=1S/C8H16N2O3/c1-3-9-6(5-7(11)12)8(13)10-4-2/h6,9H,3-5H2,1-2H3,(H,10,13)(H,11,12). The fourth-order valence-electron chi connectivity index (χ4n) is 0.976. The minimum atomic E-state index is -0.975. The van der Waals surface area contributed by atoms with Gasteiger partial charge in [0, 0.05) is 6.54 Å². The van der Waals surface area contributed by atoms with Crippen molar-refractivity contribution in [3.8, 4) is 0 Å². The molecule has 1 unspecified atom stereocenters. The van der Waals surface area contributed by atoms with E-state index >= 15 is 0 Å². The summed E-state index contributed by atoms with van der Waals surface area (Å²) < 4.78 is 0. The van der Waals surface area contributed by atoms with Gasteiger partial charge in [0.05, 0.1) is 12.5 Å². The summed E-state index contributed by atoms with van der Waals surface area (Å²) in [5.41, 5.74) is 0. The summed E-state index contributed by atoms with van der Waals surface area (Å²) >= 11 is 0. The first-order valence-electron chi connectivity index (χ1n) is 4.34. The van der Waals surface area contributed by atoms with Gasteiger partial charge in [-0.1, -0.05) is 6.92 Å². The third-order valence-corrected chi connectivity index (χ3v) is 1.50. The fourth-order valence-corrected chi connectivity index (χ4v) is 0.976. The molecular weight excluding hydrogens is 172 g/mol. The first-order valence-corrected chi connectivity index (χ1v) is 4.34. The van der Waals surface area contributed by atoms with E-state index < -0.39 is 12.0 Å². The van der Waals surface area contributed by atoms with Crippen molar-refractivity contribution >= 4 is 11.9 Å². The van der Waals surface area contributed by atoms with Crippen LogP contribution in [0, 0.1) is 0 Å². The maximum Gasteiger partial charge on any atom is 0.305 e. The minimum absolute atomic E-state index is 0.181. The van der Waals surface area contributed by atoms with Crippen molar-refractivity contribution < 1.29 is 14.7 Å². The lowest BCUT2D eigenvalue weighted by molar-refractivity contribution is -0.139. The number of carboxylic acid groups (broad SMARTS) is 1. The van der Waals surface area contributed by atoms with E-state index in [0.717, 1.165) is 0 Å². The van der Waals surface area contributed by atoms with Crippen LogP contribution in [0.25, 0.3) is 0 Å². The number of nitrogens with one attached hydrogen (secondary N) is 2. The maximum atomic E-state index is 11.2. The van der Waals surface area contributed by atoms with Crippen LogP contribution in [0.1, 0.15) is 20.3 Å². The van der Waals surface area contributed by atoms with Gasteiger partial charge >= 0.3 is 5.97 Å². The van der Waals surface area contributed by atoms with Crippen LogP contribution < -0.4 is 10.6 Å². The maximum absolute atomic E-state index is 11.2. The third kappa shape index (κ3) is 5.19. The van der Waals surface area contributed by atoms with E-state index in [2.05, 4.69) is 10.6 Å². The molecule has 1 amide bonds. The Kier molecular flexibility index (Phi) is 5.88. The molecule has 0 aliphatic carbocycles. The van der Waals surface area contributed by atoms with E-state index in [-0.39, 0.29) is 12.3 Å². The van der Waals surface area contributed by atoms with Crippen molar-refractivity contribution in [2.45, 2.75) is 26.3 Å². The lowest BCUT2D eigenvalue weighted by Gasteiger charge is -2.14. The van der Waals surface area contributed by atoms with E-state index in [9.17, 15) is 9.59 Å². The Morgan fingerprint density at radius 2 is 1.92 bits per heavy atom. The Balaban J connectivity index is 4.06. The molecule has 0 fully saturated rings. The summed E-state index contributed by atoms with van der Waals surface area (Å²) in [6.45, 7) is 4.71. The molecule has 0 spiro atoms. The molecule has 1 atom stereocenters. The van der Waals surface area contributed by atoms with Crippen molar-refractivity contribution in [1.82, 2.24) is 10.6 Å². The Bertz CT molecular complexity index is 182. The highest BCUT2D eigenvalue weighted by molar-refractivity contribution is 5.86. The number of rotatable bonds is 6. The average molecular weight is 188 g/mol. The molecule has 5 nitrogen and oxygen atoms in total. The zero-order chi connectivity index (χ0) is 10.3. The third-order valence-electron chi connectivity index (χ3n) is 1.50. The molecule has 5 heteroatoms. The molecule has 3 N–H and O–H groups in total. The second-order valence-electron chi connectivity index (χ2n) is 2.60. The van der Waals surface area contributed by atoms with Crippen LogP contribution in [0.4, 0.5) is 0 Å². The average Bonchev–Trinajstić information content (AvgIpc) is 2.03. The fraction of sp³-hybridized carbons (Fsp3) is 0.750. The number of carboxylic acids is 1. The summed E-state index contributed by atoms with van der Waals surface area (Å²) in [6, 6.07) is -0.623. The Hall–Kier alpha value is -1.10. The number of hydrogen-bond acceptors (Lipinski definition) is 3. The molecule has 0 aliphatic heterocycles. The van der Waals surface area contributed by atoms with Gasteiger partial charge in [-0.05, 0) is 13.5 Å². The van der Waals surface area contributed by atoms with E-state index in [1.165, 1.54) is 0 Å². The van der Waals surface area contributed by atoms with E-state index in [4.69, 9.17) is 5.11 Å². The molecule has 0 radical (unpaired) electrons. The first-order chi connectivity index (χ1) is 6.11. The Morgan fingerprint density at radius 3 is 2.31 bits per heavy atom. The van der Waals surface area contributed by atoms with Gasteiger partial charge in [0.1, 0.15) is 0 Å². The number of hydrogen-bond donors (Lipinski definition) is 3. The SMILES string of the molecule is CCNC(=O)C(CC(=O)O)NCC. The summed E-state index contributed by atoms with van der Waals surface area (Å²) in [4.78, 5) is 21.6. The molecule has 0 aromatic rings. The monoisotopic (exact) mass is 188 g/mol. The normalized spacial score (nSPS) is 12.2. The number of amides is 1. The highest BCUT2D eigenvalue weighted by Gasteiger charge is 2.19. The van der Waals surface area contributed by atoms with Gasteiger partial charge in [0.2, 0.25) is 5.91 Å². The lowest BCUT2D eigenvalue weighted by atomic mass is 10.2. The van der Waals surface area contributed by atoms with E-state index in [1.807, 2.05) is 6.92 Å². The van der Waals surface area contributed by atoms with Crippen LogP contribution in [0.2, 0.25) is 0 Å². The van der Waals surface area contributed by atoms with Crippen LogP contribution in [0.5, 0.6) is 0 Å². The molecule has 0 rings (SSSR count). The van der Waals surface area contributed by atoms with Crippen LogP contribution in [-0.4, -0.2) is 36.1 Å². The molecule has 0 aromatic carbocycles. The number of carbonyl (C=O) groups is 2. The quantitative estimate of drug-likeness (QED) is 0.529. The number of carbonyl (C=O) groups excluding carboxylic acids is 1. The summed E-state index contributed by atoms with van der Waals surface area (Å²) in [5.74, 6) is -1.23. The van der Waals surface area contributed by atoms with Gasteiger partial charge in [-0.15, -0.1) is 0 Å². The van der Waals surface area contributed by atoms with Gasteiger partial charge in [-0.2, -0.15) is 0 Å². The molecule has 0 heterocycles. The van der Waals surface area contributed by atoms with Crippen LogP contribution >= 0.6 is 0 Å². The molecule has 13 heavy (non-hydrogen) atoms. The van der Waals surface area contributed by atoms with Gasteiger partial charge in [-0.25, -0.2) is 0 Å². The smallest absolute Gasteiger partial charge is 0.305 e. The summed E-state index contributed by atoms with van der Waals surface area (Å²) in [6.07, 6.45) is -0.181. The van der Waals surface area contributed by atoms with Crippen LogP contribution in [0.15, 0.2) is 0 Å². The Labute approximate surface area is 77.5 Å². The van der Waals surface area contributed by atoms with Crippen molar-refractivity contribution in [1.29, 1.82) is 0 Å². The highest BCUT2D eigenvalue weighted by atomic mass is 16.4. The first kappa shape index (κ1) is 11.9. The van der Waals surface area contributed by atoms with E-state index in [0.29, 0.717) is 13.1 Å². The summed E-state index contributed by atoms with van der Waals surface area (Å²) in [5, 5.41) is 13.9.